The van der Waals surface area contributed by atoms with E-state index in [1.165, 1.54) is 30.3 Å². The van der Waals surface area contributed by atoms with Gasteiger partial charge in [0.25, 0.3) is 5.95 Å². The molecule has 0 aliphatic rings. The van der Waals surface area contributed by atoms with Crippen molar-refractivity contribution in [3.05, 3.63) is 65.4 Å². The Morgan fingerprint density at radius 2 is 1.83 bits per heavy atom. The van der Waals surface area contributed by atoms with Crippen LogP contribution in [0, 0.1) is 5.82 Å². The molecule has 23 heavy (non-hydrogen) atoms. The average Bonchev–Trinajstić information content (AvgIpc) is 2.91. The van der Waals surface area contributed by atoms with Gasteiger partial charge in [0, 0.05) is 22.2 Å². The molecule has 0 saturated heterocycles. The molecule has 0 aliphatic heterocycles. The van der Waals surface area contributed by atoms with E-state index in [9.17, 15) is 9.18 Å². The minimum absolute atomic E-state index is 0.174. The number of furan rings is 1. The molecule has 0 bridgehead atoms. The van der Waals surface area contributed by atoms with Crippen LogP contribution in [-0.2, 0) is 0 Å². The third kappa shape index (κ3) is 3.35. The summed E-state index contributed by atoms with van der Waals surface area (Å²) in [6, 6.07) is 14.1. The fraction of sp³-hybridized carbons (Fsp3) is 0. The molecule has 6 heteroatoms. The first kappa shape index (κ1) is 15.1. The second kappa shape index (κ2) is 6.14. The zero-order chi connectivity index (χ0) is 16.4. The molecule has 3 aromatic rings. The van der Waals surface area contributed by atoms with Gasteiger partial charge in [0.1, 0.15) is 11.6 Å². The zero-order valence-electron chi connectivity index (χ0n) is 11.6. The molecule has 4 nitrogen and oxygen atoms in total. The number of benzene rings is 2. The van der Waals surface area contributed by atoms with Crippen molar-refractivity contribution in [2.75, 3.05) is 0 Å². The van der Waals surface area contributed by atoms with Crippen LogP contribution < -0.4 is 4.74 Å². The van der Waals surface area contributed by atoms with E-state index in [0.717, 1.165) is 5.56 Å². The lowest BCUT2D eigenvalue weighted by Crippen LogP contribution is -2.01. The van der Waals surface area contributed by atoms with Crippen molar-refractivity contribution >= 4 is 17.8 Å². The number of carbonyl (C=O) groups is 1. The van der Waals surface area contributed by atoms with E-state index in [0.29, 0.717) is 21.9 Å². The van der Waals surface area contributed by atoms with E-state index >= 15 is 0 Å². The van der Waals surface area contributed by atoms with Gasteiger partial charge in [-0.2, -0.15) is 0 Å². The van der Waals surface area contributed by atoms with Gasteiger partial charge in [-0.3, -0.25) is 0 Å². The molecule has 0 spiro atoms. The summed E-state index contributed by atoms with van der Waals surface area (Å²) >= 11 is 6.00. The van der Waals surface area contributed by atoms with E-state index in [2.05, 4.69) is 4.74 Å². The molecular weight excluding hydrogens is 323 g/mol. The van der Waals surface area contributed by atoms with Gasteiger partial charge in [0.2, 0.25) is 0 Å². The maximum Gasteiger partial charge on any atom is 0.513 e. The Morgan fingerprint density at radius 1 is 1.09 bits per heavy atom. The lowest BCUT2D eigenvalue weighted by molar-refractivity contribution is 0.133. The number of hydrogen-bond acceptors (Lipinski definition) is 3. The first-order valence-corrected chi connectivity index (χ1v) is 6.97. The van der Waals surface area contributed by atoms with Crippen LogP contribution in [0.3, 0.4) is 0 Å². The summed E-state index contributed by atoms with van der Waals surface area (Å²) < 4.78 is 23.2. The fourth-order valence-corrected chi connectivity index (χ4v) is 2.38. The predicted molar refractivity (Wildman–Crippen MR) is 83.2 cm³/mol. The Labute approximate surface area is 135 Å². The molecule has 0 atom stereocenters. The highest BCUT2D eigenvalue weighted by Crippen LogP contribution is 2.38. The lowest BCUT2D eigenvalue weighted by atomic mass is 10.0. The highest BCUT2D eigenvalue weighted by atomic mass is 35.5. The smallest absolute Gasteiger partial charge is 0.449 e. The number of carboxylic acid groups (broad SMARTS) is 1. The van der Waals surface area contributed by atoms with Crippen molar-refractivity contribution in [2.24, 2.45) is 0 Å². The Bertz CT molecular complexity index is 855. The SMILES string of the molecule is O=C(O)Oc1cc(-c2cccc(Cl)c2)c(-c2ccc(F)cc2)o1. The molecule has 116 valence electrons. The zero-order valence-corrected chi connectivity index (χ0v) is 12.4. The quantitative estimate of drug-likeness (QED) is 0.647. The number of hydrogen-bond donors (Lipinski definition) is 1. The van der Waals surface area contributed by atoms with Gasteiger partial charge in [-0.05, 0) is 42.0 Å². The summed E-state index contributed by atoms with van der Waals surface area (Å²) in [4.78, 5) is 10.7. The van der Waals surface area contributed by atoms with Crippen molar-refractivity contribution in [1.82, 2.24) is 0 Å². The highest BCUT2D eigenvalue weighted by molar-refractivity contribution is 6.30. The summed E-state index contributed by atoms with van der Waals surface area (Å²) in [5.41, 5.74) is 1.90. The molecule has 1 N–H and O–H groups in total. The molecule has 0 fully saturated rings. The summed E-state index contributed by atoms with van der Waals surface area (Å²) in [5.74, 6) is -0.193. The van der Waals surface area contributed by atoms with E-state index in [1.807, 2.05) is 0 Å². The summed E-state index contributed by atoms with van der Waals surface area (Å²) in [5, 5.41) is 9.26. The standard InChI is InChI=1S/C17H10ClFO4/c18-12-3-1-2-11(8-12)14-9-15(23-17(20)21)22-16(14)10-4-6-13(19)7-5-10/h1-9H,(H,20,21). The second-order valence-corrected chi connectivity index (χ2v) is 5.13. The van der Waals surface area contributed by atoms with Gasteiger partial charge >= 0.3 is 6.16 Å². The Morgan fingerprint density at radius 3 is 2.48 bits per heavy atom. The van der Waals surface area contributed by atoms with Gasteiger partial charge in [0.15, 0.2) is 0 Å². The van der Waals surface area contributed by atoms with Gasteiger partial charge in [0.05, 0.1) is 0 Å². The van der Waals surface area contributed by atoms with Gasteiger partial charge in [-0.25, -0.2) is 9.18 Å². The first-order chi connectivity index (χ1) is 11.0. The fourth-order valence-electron chi connectivity index (χ4n) is 2.19. The number of rotatable bonds is 3. The monoisotopic (exact) mass is 332 g/mol. The topological polar surface area (TPSA) is 59.7 Å². The van der Waals surface area contributed by atoms with Crippen LogP contribution in [0.1, 0.15) is 0 Å². The minimum atomic E-state index is -1.48. The highest BCUT2D eigenvalue weighted by Gasteiger charge is 2.18. The van der Waals surface area contributed by atoms with Crippen LogP contribution in [0.25, 0.3) is 22.5 Å². The minimum Gasteiger partial charge on any atom is -0.449 e. The van der Waals surface area contributed by atoms with Crippen LogP contribution in [0.2, 0.25) is 5.02 Å². The molecule has 0 saturated carbocycles. The molecule has 0 unspecified atom stereocenters. The second-order valence-electron chi connectivity index (χ2n) is 4.69. The Kier molecular flexibility index (Phi) is 4.04. The van der Waals surface area contributed by atoms with Crippen molar-refractivity contribution in [1.29, 1.82) is 0 Å². The van der Waals surface area contributed by atoms with Crippen molar-refractivity contribution < 1.29 is 23.4 Å². The summed E-state index contributed by atoms with van der Waals surface area (Å²) in [6.07, 6.45) is -1.48. The third-order valence-corrected chi connectivity index (χ3v) is 3.37. The summed E-state index contributed by atoms with van der Waals surface area (Å²) in [6.45, 7) is 0. The predicted octanol–water partition coefficient (Wildman–Crippen LogP) is 5.46. The van der Waals surface area contributed by atoms with E-state index in [4.69, 9.17) is 21.1 Å². The van der Waals surface area contributed by atoms with Gasteiger partial charge in [-0.15, -0.1) is 0 Å². The van der Waals surface area contributed by atoms with Crippen LogP contribution in [0.5, 0.6) is 5.95 Å². The maximum absolute atomic E-state index is 13.1. The van der Waals surface area contributed by atoms with E-state index in [-0.39, 0.29) is 11.8 Å². The number of ether oxygens (including phenoxy) is 1. The Hall–Kier alpha value is -2.79. The lowest BCUT2D eigenvalue weighted by Gasteiger charge is -2.03. The van der Waals surface area contributed by atoms with Crippen molar-refractivity contribution in [3.63, 3.8) is 0 Å². The molecule has 3 rings (SSSR count). The molecule has 0 aliphatic carbocycles. The van der Waals surface area contributed by atoms with Gasteiger partial charge in [-0.1, -0.05) is 23.7 Å². The normalized spacial score (nSPS) is 10.5. The van der Waals surface area contributed by atoms with Gasteiger partial charge < -0.3 is 14.3 Å². The summed E-state index contributed by atoms with van der Waals surface area (Å²) in [7, 11) is 0. The van der Waals surface area contributed by atoms with Crippen LogP contribution in [-0.4, -0.2) is 11.3 Å². The first-order valence-electron chi connectivity index (χ1n) is 6.59. The molecule has 1 heterocycles. The van der Waals surface area contributed by atoms with Crippen molar-refractivity contribution in [2.45, 2.75) is 0 Å². The van der Waals surface area contributed by atoms with E-state index < -0.39 is 6.16 Å². The van der Waals surface area contributed by atoms with Crippen LogP contribution in [0.15, 0.2) is 59.0 Å². The van der Waals surface area contributed by atoms with Crippen LogP contribution in [0.4, 0.5) is 9.18 Å². The largest absolute Gasteiger partial charge is 0.513 e. The third-order valence-electron chi connectivity index (χ3n) is 3.14. The Balaban J connectivity index is 2.14. The van der Waals surface area contributed by atoms with Crippen LogP contribution >= 0.6 is 11.6 Å². The molecular formula is C17H10ClFO4. The van der Waals surface area contributed by atoms with E-state index in [1.54, 1.807) is 24.3 Å². The molecule has 0 amide bonds. The maximum atomic E-state index is 13.1. The molecule has 1 aromatic heterocycles. The van der Waals surface area contributed by atoms with Crippen molar-refractivity contribution in [3.8, 4) is 28.4 Å². The number of halogens is 2. The molecule has 0 radical (unpaired) electrons. The average molecular weight is 333 g/mol. The molecule has 2 aromatic carbocycles.